The lowest BCUT2D eigenvalue weighted by atomic mass is 10.1. The molecule has 0 aliphatic carbocycles. The van der Waals surface area contributed by atoms with Crippen LogP contribution in [0.15, 0.2) is 15.8 Å². The maximum Gasteiger partial charge on any atom is 0.330 e. The van der Waals surface area contributed by atoms with Crippen LogP contribution in [0.1, 0.15) is 13.3 Å². The van der Waals surface area contributed by atoms with Gasteiger partial charge in [0.15, 0.2) is 0 Å². The molecule has 0 aromatic carbocycles. The van der Waals surface area contributed by atoms with Gasteiger partial charge in [-0.15, -0.1) is 0 Å². The first-order valence-electron chi connectivity index (χ1n) is 8.83. The minimum atomic E-state index is -1.29. The molecule has 0 spiro atoms. The molecule has 2 heterocycles. The molecule has 1 fully saturated rings. The van der Waals surface area contributed by atoms with Crippen molar-refractivity contribution in [3.63, 3.8) is 0 Å². The lowest BCUT2D eigenvalue weighted by Gasteiger charge is -2.28. The quantitative estimate of drug-likeness (QED) is 0.198. The number of hydrogen-bond donors (Lipinski definition) is 6. The highest BCUT2D eigenvalue weighted by atomic mass is 32.1. The number of aliphatic hydroxyl groups excluding tert-OH is 2. The van der Waals surface area contributed by atoms with Crippen LogP contribution in [0.5, 0.6) is 0 Å². The Morgan fingerprint density at radius 1 is 1.46 bits per heavy atom. The van der Waals surface area contributed by atoms with Crippen molar-refractivity contribution in [2.24, 2.45) is 0 Å². The van der Waals surface area contributed by atoms with E-state index in [4.69, 9.17) is 4.74 Å². The SMILES string of the molecule is C[C@]1(n2cc(N(CCS)C(=O)CNCCS)c(=O)[nH]c2=O)C[C@H](O)[C@@H](CO)O1. The van der Waals surface area contributed by atoms with Gasteiger partial charge >= 0.3 is 5.69 Å². The minimum Gasteiger partial charge on any atom is -0.394 e. The van der Waals surface area contributed by atoms with Crippen LogP contribution < -0.4 is 21.5 Å². The normalized spacial score (nSPS) is 24.5. The maximum atomic E-state index is 12.6. The van der Waals surface area contributed by atoms with Gasteiger partial charge in [0.05, 0.1) is 19.3 Å². The van der Waals surface area contributed by atoms with Gasteiger partial charge in [-0.2, -0.15) is 25.3 Å². The Morgan fingerprint density at radius 3 is 2.75 bits per heavy atom. The highest BCUT2D eigenvalue weighted by Gasteiger charge is 2.44. The second-order valence-corrected chi connectivity index (χ2v) is 7.49. The molecule has 1 aromatic rings. The number of carbonyl (C=O) groups excluding carboxylic acids is 1. The van der Waals surface area contributed by atoms with E-state index in [2.05, 4.69) is 35.6 Å². The zero-order valence-electron chi connectivity index (χ0n) is 15.5. The topological polar surface area (TPSA) is 137 Å². The molecule has 0 bridgehead atoms. The number of thiol groups is 2. The number of rotatable bonds is 9. The van der Waals surface area contributed by atoms with Crippen molar-refractivity contribution in [3.05, 3.63) is 27.0 Å². The summed E-state index contributed by atoms with van der Waals surface area (Å²) in [5.74, 6) is 0.489. The van der Waals surface area contributed by atoms with E-state index in [1.807, 2.05) is 0 Å². The second kappa shape index (κ2) is 9.94. The number of ether oxygens (including phenoxy) is 1. The first-order valence-corrected chi connectivity index (χ1v) is 10.1. The van der Waals surface area contributed by atoms with Crippen LogP contribution in [-0.4, -0.2) is 75.6 Å². The number of nitrogens with one attached hydrogen (secondary N) is 2. The Bertz CT molecular complexity index is 800. The Kier molecular flexibility index (Phi) is 8.16. The monoisotopic (exact) mass is 434 g/mol. The van der Waals surface area contributed by atoms with Crippen LogP contribution in [0.25, 0.3) is 0 Å². The Labute approximate surface area is 172 Å². The van der Waals surface area contributed by atoms with Gasteiger partial charge in [0, 0.05) is 37.2 Å². The summed E-state index contributed by atoms with van der Waals surface area (Å²) in [4.78, 5) is 40.8. The molecule has 1 aromatic heterocycles. The van der Waals surface area contributed by atoms with Gasteiger partial charge in [-0.1, -0.05) is 0 Å². The summed E-state index contributed by atoms with van der Waals surface area (Å²) in [5.41, 5.74) is -2.78. The Hall–Kier alpha value is -1.31. The third-order valence-corrected chi connectivity index (χ3v) is 4.94. The molecule has 0 saturated carbocycles. The van der Waals surface area contributed by atoms with E-state index in [-0.39, 0.29) is 31.1 Å². The standard InChI is InChI=1S/C16H26N4O6S2/c1-16(6-11(22)12(9-21)26-16)20-8-10(14(24)18-15(20)25)19(3-5-28)13(23)7-17-2-4-27/h8,11-12,17,21-22,27-28H,2-7,9H2,1H3,(H,18,24,25)/t11-,12+,16+/m0/s1. The number of hydrogen-bond acceptors (Lipinski definition) is 9. The number of nitrogens with zero attached hydrogens (tertiary/aromatic N) is 2. The third-order valence-electron chi connectivity index (χ3n) is 4.52. The summed E-state index contributed by atoms with van der Waals surface area (Å²) in [6.45, 7) is 1.82. The summed E-state index contributed by atoms with van der Waals surface area (Å²) in [6, 6.07) is 0. The molecule has 1 aliphatic heterocycles. The van der Waals surface area contributed by atoms with Gasteiger partial charge in [0.25, 0.3) is 5.56 Å². The molecule has 28 heavy (non-hydrogen) atoms. The predicted octanol–water partition coefficient (Wildman–Crippen LogP) is -1.87. The number of aliphatic hydroxyl groups is 2. The number of H-pyrrole nitrogens is 1. The minimum absolute atomic E-state index is 0.00796. The molecule has 1 amide bonds. The van der Waals surface area contributed by atoms with Crippen LogP contribution in [0.4, 0.5) is 5.69 Å². The number of anilines is 1. The first kappa shape index (κ1) is 23.0. The summed E-state index contributed by atoms with van der Waals surface area (Å²) in [5, 5.41) is 22.3. The van der Waals surface area contributed by atoms with Crippen molar-refractivity contribution in [3.8, 4) is 0 Å². The predicted molar refractivity (Wildman–Crippen MR) is 110 cm³/mol. The zero-order chi connectivity index (χ0) is 20.9. The summed E-state index contributed by atoms with van der Waals surface area (Å²) in [6.07, 6.45) is -0.549. The van der Waals surface area contributed by atoms with Crippen molar-refractivity contribution >= 4 is 36.9 Å². The lowest BCUT2D eigenvalue weighted by molar-refractivity contribution is -0.117. The van der Waals surface area contributed by atoms with E-state index in [1.165, 1.54) is 11.1 Å². The summed E-state index contributed by atoms with van der Waals surface area (Å²) in [7, 11) is 0. The van der Waals surface area contributed by atoms with Gasteiger partial charge < -0.3 is 25.2 Å². The van der Waals surface area contributed by atoms with E-state index in [9.17, 15) is 24.6 Å². The van der Waals surface area contributed by atoms with Gasteiger partial charge in [0.2, 0.25) is 5.91 Å². The molecule has 1 saturated heterocycles. The smallest absolute Gasteiger partial charge is 0.330 e. The fourth-order valence-electron chi connectivity index (χ4n) is 3.14. The van der Waals surface area contributed by atoms with E-state index in [0.29, 0.717) is 18.1 Å². The van der Waals surface area contributed by atoms with Gasteiger partial charge in [0.1, 0.15) is 17.5 Å². The fraction of sp³-hybridized carbons (Fsp3) is 0.688. The van der Waals surface area contributed by atoms with Crippen molar-refractivity contribution in [1.82, 2.24) is 14.9 Å². The maximum absolute atomic E-state index is 12.6. The second-order valence-electron chi connectivity index (χ2n) is 6.60. The van der Waals surface area contributed by atoms with Crippen molar-refractivity contribution in [2.75, 3.05) is 42.6 Å². The van der Waals surface area contributed by atoms with E-state index in [0.717, 1.165) is 4.57 Å². The number of aromatic amines is 1. The molecule has 4 N–H and O–H groups in total. The van der Waals surface area contributed by atoms with Gasteiger partial charge in [-0.25, -0.2) is 4.79 Å². The van der Waals surface area contributed by atoms with Crippen LogP contribution in [0.3, 0.4) is 0 Å². The zero-order valence-corrected chi connectivity index (χ0v) is 17.3. The number of carbonyl (C=O) groups is 1. The molecule has 3 atom stereocenters. The van der Waals surface area contributed by atoms with Crippen LogP contribution in [0, 0.1) is 0 Å². The van der Waals surface area contributed by atoms with Gasteiger partial charge in [-0.05, 0) is 6.92 Å². The number of amides is 1. The molecule has 10 nitrogen and oxygen atoms in total. The third kappa shape index (κ3) is 4.99. The highest BCUT2D eigenvalue weighted by molar-refractivity contribution is 7.80. The Balaban J connectivity index is 2.42. The van der Waals surface area contributed by atoms with E-state index in [1.54, 1.807) is 6.92 Å². The molecule has 0 unspecified atom stereocenters. The molecular formula is C16H26N4O6S2. The van der Waals surface area contributed by atoms with Crippen LogP contribution in [0.2, 0.25) is 0 Å². The van der Waals surface area contributed by atoms with E-state index >= 15 is 0 Å². The molecular weight excluding hydrogens is 408 g/mol. The van der Waals surface area contributed by atoms with Crippen molar-refractivity contribution in [2.45, 2.75) is 31.3 Å². The van der Waals surface area contributed by atoms with Crippen molar-refractivity contribution in [1.29, 1.82) is 0 Å². The molecule has 0 radical (unpaired) electrons. The lowest BCUT2D eigenvalue weighted by Crippen LogP contribution is -2.47. The van der Waals surface area contributed by atoms with Crippen molar-refractivity contribution < 1.29 is 19.7 Å². The molecule has 1 aliphatic rings. The van der Waals surface area contributed by atoms with Gasteiger partial charge in [-0.3, -0.25) is 19.1 Å². The average Bonchev–Trinajstić information content (AvgIpc) is 2.95. The van der Waals surface area contributed by atoms with E-state index < -0.39 is 35.8 Å². The average molecular weight is 435 g/mol. The summed E-state index contributed by atoms with van der Waals surface area (Å²) >= 11 is 8.21. The molecule has 12 heteroatoms. The van der Waals surface area contributed by atoms with Crippen LogP contribution in [-0.2, 0) is 15.3 Å². The fourth-order valence-corrected chi connectivity index (χ4v) is 3.50. The number of aromatic nitrogens is 2. The van der Waals surface area contributed by atoms with Crippen LogP contribution >= 0.6 is 25.3 Å². The molecule has 2 rings (SSSR count). The highest BCUT2D eigenvalue weighted by Crippen LogP contribution is 2.34. The largest absolute Gasteiger partial charge is 0.394 e. The Morgan fingerprint density at radius 2 is 2.18 bits per heavy atom. The summed E-state index contributed by atoms with van der Waals surface area (Å²) < 4.78 is 6.78. The first-order chi connectivity index (χ1) is 13.3. The molecule has 158 valence electrons.